The number of nitrogens with zero attached hydrogens (tertiary/aromatic N) is 1. The van der Waals surface area contributed by atoms with Crippen LogP contribution < -0.4 is 0 Å². The molecule has 1 saturated heterocycles. The Morgan fingerprint density at radius 3 is 2.33 bits per heavy atom. The molecule has 1 aliphatic rings. The van der Waals surface area contributed by atoms with Crippen molar-refractivity contribution in [2.75, 3.05) is 32.9 Å². The number of carbonyl (C=O) groups excluding carboxylic acids is 2. The van der Waals surface area contributed by atoms with Gasteiger partial charge in [0.25, 0.3) is 0 Å². The molecule has 1 fully saturated rings. The van der Waals surface area contributed by atoms with Crippen LogP contribution in [0.4, 0.5) is 4.39 Å². The number of esters is 1. The molecule has 0 saturated carbocycles. The summed E-state index contributed by atoms with van der Waals surface area (Å²) in [7, 11) is -4.13. The number of halogens is 1. The highest BCUT2D eigenvalue weighted by molar-refractivity contribution is 7.89. The molecule has 30 heavy (non-hydrogen) atoms. The highest BCUT2D eigenvalue weighted by Gasteiger charge is 2.30. The van der Waals surface area contributed by atoms with Crippen LogP contribution in [0, 0.1) is 5.82 Å². The maximum atomic E-state index is 14.2. The maximum Gasteiger partial charge on any atom is 0.338 e. The molecule has 9 heteroatoms. The summed E-state index contributed by atoms with van der Waals surface area (Å²) in [5.74, 6) is -2.27. The summed E-state index contributed by atoms with van der Waals surface area (Å²) in [6.07, 6.45) is 0.837. The van der Waals surface area contributed by atoms with Gasteiger partial charge < -0.3 is 9.47 Å². The number of benzene rings is 2. The van der Waals surface area contributed by atoms with Gasteiger partial charge in [-0.15, -0.1) is 0 Å². The van der Waals surface area contributed by atoms with Crippen LogP contribution in [0.1, 0.15) is 33.2 Å². The van der Waals surface area contributed by atoms with Gasteiger partial charge in [-0.1, -0.05) is 31.2 Å². The highest BCUT2D eigenvalue weighted by atomic mass is 32.2. The number of hydrogen-bond donors (Lipinski definition) is 0. The van der Waals surface area contributed by atoms with Crippen LogP contribution in [0.5, 0.6) is 0 Å². The lowest BCUT2D eigenvalue weighted by molar-refractivity contribution is 0.0474. The van der Waals surface area contributed by atoms with E-state index in [1.165, 1.54) is 0 Å². The monoisotopic (exact) mass is 435 g/mol. The fourth-order valence-electron chi connectivity index (χ4n) is 2.98. The van der Waals surface area contributed by atoms with Crippen LogP contribution in [0.3, 0.4) is 0 Å². The zero-order valence-corrected chi connectivity index (χ0v) is 17.3. The molecule has 7 nitrogen and oxygen atoms in total. The molecule has 0 N–H and O–H groups in total. The third kappa shape index (κ3) is 4.92. The van der Waals surface area contributed by atoms with Gasteiger partial charge in [0.15, 0.2) is 12.4 Å². The van der Waals surface area contributed by atoms with Gasteiger partial charge in [0, 0.05) is 18.7 Å². The molecule has 0 atom stereocenters. The summed E-state index contributed by atoms with van der Waals surface area (Å²) in [5.41, 5.74) is 1.32. The molecular formula is C21H22FNO6S. The van der Waals surface area contributed by atoms with Crippen LogP contribution >= 0.6 is 0 Å². The summed E-state index contributed by atoms with van der Waals surface area (Å²) in [6.45, 7) is 2.11. The largest absolute Gasteiger partial charge is 0.454 e. The van der Waals surface area contributed by atoms with E-state index < -0.39 is 39.1 Å². The smallest absolute Gasteiger partial charge is 0.338 e. The van der Waals surface area contributed by atoms with Crippen LogP contribution in [0.25, 0.3) is 0 Å². The number of ketones is 1. The van der Waals surface area contributed by atoms with E-state index in [0.717, 1.165) is 34.5 Å². The number of sulfonamides is 1. The molecule has 0 radical (unpaired) electrons. The highest BCUT2D eigenvalue weighted by Crippen LogP contribution is 2.22. The molecule has 0 amide bonds. The molecule has 2 aromatic carbocycles. The van der Waals surface area contributed by atoms with E-state index in [1.54, 1.807) is 12.1 Å². The van der Waals surface area contributed by atoms with Crippen LogP contribution in [0.15, 0.2) is 47.4 Å². The van der Waals surface area contributed by atoms with Gasteiger partial charge in [0.1, 0.15) is 10.7 Å². The minimum absolute atomic E-state index is 0.0990. The second-order valence-corrected chi connectivity index (χ2v) is 8.62. The zero-order valence-electron chi connectivity index (χ0n) is 16.5. The van der Waals surface area contributed by atoms with Crippen molar-refractivity contribution in [2.24, 2.45) is 0 Å². The van der Waals surface area contributed by atoms with Crippen molar-refractivity contribution in [3.63, 3.8) is 0 Å². The van der Waals surface area contributed by atoms with E-state index in [9.17, 15) is 22.4 Å². The fourth-order valence-corrected chi connectivity index (χ4v) is 4.48. The topological polar surface area (TPSA) is 90.0 Å². The molecule has 1 heterocycles. The second-order valence-electron chi connectivity index (χ2n) is 6.71. The molecule has 0 aromatic heterocycles. The van der Waals surface area contributed by atoms with E-state index in [2.05, 4.69) is 0 Å². The van der Waals surface area contributed by atoms with Crippen molar-refractivity contribution < 1.29 is 31.9 Å². The van der Waals surface area contributed by atoms with Gasteiger partial charge >= 0.3 is 5.97 Å². The predicted octanol–water partition coefficient (Wildman–Crippen LogP) is 2.45. The first-order valence-electron chi connectivity index (χ1n) is 9.49. The van der Waals surface area contributed by atoms with Crippen molar-refractivity contribution in [3.8, 4) is 0 Å². The van der Waals surface area contributed by atoms with Gasteiger partial charge in [-0.05, 0) is 30.2 Å². The summed E-state index contributed by atoms with van der Waals surface area (Å²) in [5, 5.41) is 0. The number of carbonyl (C=O) groups is 2. The molecule has 160 valence electrons. The average Bonchev–Trinajstić information content (AvgIpc) is 2.78. The Morgan fingerprint density at radius 1 is 1.07 bits per heavy atom. The summed E-state index contributed by atoms with van der Waals surface area (Å²) in [6, 6.07) is 9.89. The van der Waals surface area contributed by atoms with Crippen LogP contribution in [-0.4, -0.2) is 57.4 Å². The van der Waals surface area contributed by atoms with Gasteiger partial charge in [-0.3, -0.25) is 4.79 Å². The first-order valence-corrected chi connectivity index (χ1v) is 10.9. The lowest BCUT2D eigenvalue weighted by atomic mass is 10.1. The van der Waals surface area contributed by atoms with E-state index in [0.29, 0.717) is 5.56 Å². The van der Waals surface area contributed by atoms with Crippen molar-refractivity contribution in [1.82, 2.24) is 4.31 Å². The SMILES string of the molecule is CCc1ccc(C(=O)COC(=O)c2ccc(F)c(S(=O)(=O)N3CCOCC3)c2)cc1. The molecule has 1 aliphatic heterocycles. The third-order valence-electron chi connectivity index (χ3n) is 4.77. The quantitative estimate of drug-likeness (QED) is 0.490. The van der Waals surface area contributed by atoms with Crippen molar-refractivity contribution in [2.45, 2.75) is 18.2 Å². The number of morpholine rings is 1. The van der Waals surface area contributed by atoms with E-state index in [1.807, 2.05) is 19.1 Å². The van der Waals surface area contributed by atoms with Crippen molar-refractivity contribution in [1.29, 1.82) is 0 Å². The van der Waals surface area contributed by atoms with Crippen LogP contribution in [-0.2, 0) is 25.9 Å². The molecule has 2 aromatic rings. The predicted molar refractivity (Wildman–Crippen MR) is 106 cm³/mol. The Morgan fingerprint density at radius 2 is 1.70 bits per heavy atom. The Hall–Kier alpha value is -2.62. The Labute approximate surface area is 174 Å². The average molecular weight is 435 g/mol. The third-order valence-corrected chi connectivity index (χ3v) is 6.69. The molecule has 0 spiro atoms. The lowest BCUT2D eigenvalue weighted by Gasteiger charge is -2.26. The van der Waals surface area contributed by atoms with Crippen molar-refractivity contribution >= 4 is 21.8 Å². The van der Waals surface area contributed by atoms with E-state index in [4.69, 9.17) is 9.47 Å². The minimum Gasteiger partial charge on any atom is -0.454 e. The number of ether oxygens (including phenoxy) is 2. The summed E-state index contributed by atoms with van der Waals surface area (Å²) >= 11 is 0. The molecule has 3 rings (SSSR count). The van der Waals surface area contributed by atoms with Gasteiger partial charge in [-0.2, -0.15) is 4.31 Å². The van der Waals surface area contributed by atoms with Crippen molar-refractivity contribution in [3.05, 3.63) is 65.0 Å². The van der Waals surface area contributed by atoms with Gasteiger partial charge in [0.05, 0.1) is 18.8 Å². The molecule has 0 aliphatic carbocycles. The summed E-state index contributed by atoms with van der Waals surface area (Å²) < 4.78 is 50.9. The van der Waals surface area contributed by atoms with Gasteiger partial charge in [-0.25, -0.2) is 17.6 Å². The Balaban J connectivity index is 1.71. The number of rotatable bonds is 7. The zero-order chi connectivity index (χ0) is 21.7. The second kappa shape index (κ2) is 9.46. The Kier molecular flexibility index (Phi) is 6.96. The van der Waals surface area contributed by atoms with E-state index in [-0.39, 0.29) is 31.9 Å². The maximum absolute atomic E-state index is 14.2. The molecular weight excluding hydrogens is 413 g/mol. The van der Waals surface area contributed by atoms with Gasteiger partial charge in [0.2, 0.25) is 10.0 Å². The normalized spacial score (nSPS) is 15.0. The number of aryl methyl sites for hydroxylation is 1. The standard InChI is InChI=1S/C21H22FNO6S/c1-2-15-3-5-16(6-4-15)19(24)14-29-21(25)17-7-8-18(22)20(13-17)30(26,27)23-9-11-28-12-10-23/h3-8,13H,2,9-12,14H2,1H3. The summed E-state index contributed by atoms with van der Waals surface area (Å²) in [4.78, 5) is 23.9. The number of Topliss-reactive ketones (excluding diaryl/α,β-unsaturated/α-hetero) is 1. The first-order chi connectivity index (χ1) is 14.3. The molecule has 0 bridgehead atoms. The molecule has 0 unspecified atom stereocenters. The first kappa shape index (κ1) is 22.1. The van der Waals surface area contributed by atoms with E-state index >= 15 is 0 Å². The fraction of sp³-hybridized carbons (Fsp3) is 0.333. The lowest BCUT2D eigenvalue weighted by Crippen LogP contribution is -2.41. The minimum atomic E-state index is -4.13. The number of hydrogen-bond acceptors (Lipinski definition) is 6. The Bertz CT molecular complexity index is 1030. The van der Waals surface area contributed by atoms with Crippen LogP contribution in [0.2, 0.25) is 0 Å².